The molecule has 0 bridgehead atoms. The lowest BCUT2D eigenvalue weighted by Crippen LogP contribution is -2.65. The van der Waals surface area contributed by atoms with Crippen molar-refractivity contribution in [1.82, 2.24) is 0 Å². The monoisotopic (exact) mass is 378 g/mol. The van der Waals surface area contributed by atoms with Crippen LogP contribution in [0.15, 0.2) is 42.5 Å². The molecule has 2 aromatic rings. The number of carbonyl (C=O) groups is 2. The zero-order chi connectivity index (χ0) is 20.9. The van der Waals surface area contributed by atoms with Gasteiger partial charge in [0.1, 0.15) is 0 Å². The summed E-state index contributed by atoms with van der Waals surface area (Å²) < 4.78 is 0. The van der Waals surface area contributed by atoms with E-state index in [0.29, 0.717) is 0 Å². The van der Waals surface area contributed by atoms with E-state index in [4.69, 9.17) is 5.73 Å². The third kappa shape index (κ3) is 2.77. The van der Waals surface area contributed by atoms with E-state index in [-0.39, 0.29) is 5.91 Å². The van der Waals surface area contributed by atoms with Gasteiger partial charge in [0.2, 0.25) is 11.8 Å². The largest absolute Gasteiger partial charge is 0.377 e. The Balaban J connectivity index is 2.43. The Bertz CT molecular complexity index is 921. The first-order chi connectivity index (χ1) is 13.0. The number of nitrogens with zero attached hydrogens (tertiary/aromatic N) is 2. The number of hydrogen-bond donors (Lipinski definition) is 1. The molecule has 1 radical (unpaired) electrons. The van der Waals surface area contributed by atoms with Gasteiger partial charge in [-0.05, 0) is 37.1 Å². The lowest BCUT2D eigenvalue weighted by atomic mass is 9.57. The Hall–Kier alpha value is -2.82. The van der Waals surface area contributed by atoms with Crippen molar-refractivity contribution >= 4 is 23.2 Å². The zero-order valence-electron chi connectivity index (χ0n) is 17.4. The Morgan fingerprint density at radius 2 is 1.75 bits per heavy atom. The van der Waals surface area contributed by atoms with E-state index in [1.54, 1.807) is 4.90 Å². The molecular weight excluding hydrogens is 350 g/mol. The molecule has 0 aliphatic carbocycles. The topological polar surface area (TPSA) is 66.6 Å². The Labute approximate surface area is 167 Å². The number of amides is 2. The summed E-state index contributed by atoms with van der Waals surface area (Å²) in [6, 6.07) is 17.1. The standard InChI is InChI=1S/C23H28N3O2/c1-15(27)26-19-14-17(25(5)6)12-13-18(19)23(4,16-10-8-7-9-11-16)20(21(24)28)22(26,2)3/h7-11,13-14,20H,1-6H3,(H2,24,28). The molecule has 5 heteroatoms. The molecule has 2 aromatic carbocycles. The summed E-state index contributed by atoms with van der Waals surface area (Å²) in [5.74, 6) is -1.16. The minimum Gasteiger partial charge on any atom is -0.377 e. The maximum atomic E-state index is 12.8. The van der Waals surface area contributed by atoms with E-state index in [2.05, 4.69) is 6.07 Å². The predicted octanol–water partition coefficient (Wildman–Crippen LogP) is 3.11. The maximum Gasteiger partial charge on any atom is 0.224 e. The molecule has 2 N–H and O–H groups in total. The van der Waals surface area contributed by atoms with Crippen molar-refractivity contribution in [2.75, 3.05) is 23.9 Å². The van der Waals surface area contributed by atoms with Gasteiger partial charge >= 0.3 is 0 Å². The first-order valence-electron chi connectivity index (χ1n) is 9.42. The van der Waals surface area contributed by atoms with Crippen LogP contribution >= 0.6 is 0 Å². The van der Waals surface area contributed by atoms with E-state index in [9.17, 15) is 9.59 Å². The summed E-state index contributed by atoms with van der Waals surface area (Å²) in [5, 5.41) is 0. The number of rotatable bonds is 3. The van der Waals surface area contributed by atoms with Gasteiger partial charge in [0.05, 0.1) is 17.1 Å². The molecule has 0 fully saturated rings. The second-order valence-corrected chi connectivity index (χ2v) is 8.42. The first-order valence-corrected chi connectivity index (χ1v) is 9.42. The van der Waals surface area contributed by atoms with Crippen LogP contribution in [0, 0.1) is 12.0 Å². The van der Waals surface area contributed by atoms with Gasteiger partial charge in [-0.3, -0.25) is 9.59 Å². The summed E-state index contributed by atoms with van der Waals surface area (Å²) in [6.07, 6.45) is 0. The third-order valence-corrected chi connectivity index (χ3v) is 6.03. The highest BCUT2D eigenvalue weighted by atomic mass is 16.2. The number of hydrogen-bond acceptors (Lipinski definition) is 3. The summed E-state index contributed by atoms with van der Waals surface area (Å²) in [7, 11) is 3.87. The fourth-order valence-corrected chi connectivity index (χ4v) is 4.94. The van der Waals surface area contributed by atoms with E-state index < -0.39 is 22.8 Å². The fourth-order valence-electron chi connectivity index (χ4n) is 4.94. The summed E-state index contributed by atoms with van der Waals surface area (Å²) in [4.78, 5) is 29.2. The van der Waals surface area contributed by atoms with Gasteiger partial charge in [-0.2, -0.15) is 0 Å². The van der Waals surface area contributed by atoms with Gasteiger partial charge in [0, 0.05) is 38.2 Å². The predicted molar refractivity (Wildman–Crippen MR) is 112 cm³/mol. The van der Waals surface area contributed by atoms with Crippen molar-refractivity contribution in [3.05, 3.63) is 59.7 Å². The Kier molecular flexibility index (Phi) is 4.74. The summed E-state index contributed by atoms with van der Waals surface area (Å²) in [5.41, 5.74) is 7.99. The van der Waals surface area contributed by atoms with Gasteiger partial charge in [0.15, 0.2) is 0 Å². The molecular formula is C23H28N3O2. The first kappa shape index (κ1) is 19.9. The minimum absolute atomic E-state index is 0.122. The van der Waals surface area contributed by atoms with E-state index in [1.165, 1.54) is 6.92 Å². The summed E-state index contributed by atoms with van der Waals surface area (Å²) >= 11 is 0. The fraction of sp³-hybridized carbons (Fsp3) is 0.391. The highest BCUT2D eigenvalue weighted by Gasteiger charge is 2.57. The van der Waals surface area contributed by atoms with Crippen LogP contribution in [-0.4, -0.2) is 31.4 Å². The van der Waals surface area contributed by atoms with Crippen LogP contribution in [0.2, 0.25) is 0 Å². The van der Waals surface area contributed by atoms with Gasteiger partial charge in [-0.25, -0.2) is 0 Å². The zero-order valence-corrected chi connectivity index (χ0v) is 17.4. The Morgan fingerprint density at radius 3 is 2.25 bits per heavy atom. The molecule has 1 aliphatic rings. The maximum absolute atomic E-state index is 12.8. The molecule has 2 atom stereocenters. The van der Waals surface area contributed by atoms with Crippen LogP contribution in [0.1, 0.15) is 38.8 Å². The number of primary amides is 1. The smallest absolute Gasteiger partial charge is 0.224 e. The SMILES string of the molecule is CC(=O)N1c2cc(N(C)C)[c]cc2C(C)(c2ccccc2)C(C(N)=O)C1(C)C. The molecule has 0 saturated heterocycles. The van der Waals surface area contributed by atoms with E-state index in [0.717, 1.165) is 22.5 Å². The van der Waals surface area contributed by atoms with Crippen LogP contribution < -0.4 is 15.5 Å². The molecule has 147 valence electrons. The number of carbonyl (C=O) groups excluding carboxylic acids is 2. The van der Waals surface area contributed by atoms with Crippen LogP contribution in [0.25, 0.3) is 0 Å². The van der Waals surface area contributed by atoms with Gasteiger partial charge in [-0.1, -0.05) is 37.3 Å². The summed E-state index contributed by atoms with van der Waals surface area (Å²) in [6.45, 7) is 7.40. The molecule has 2 amide bonds. The van der Waals surface area contributed by atoms with Crippen LogP contribution in [0.3, 0.4) is 0 Å². The number of fused-ring (bicyclic) bond motifs is 1. The van der Waals surface area contributed by atoms with Crippen molar-refractivity contribution in [2.24, 2.45) is 11.7 Å². The minimum atomic E-state index is -0.805. The molecule has 2 unspecified atom stereocenters. The van der Waals surface area contributed by atoms with Crippen LogP contribution in [-0.2, 0) is 15.0 Å². The van der Waals surface area contributed by atoms with Crippen molar-refractivity contribution in [3.8, 4) is 0 Å². The second-order valence-electron chi connectivity index (χ2n) is 8.42. The van der Waals surface area contributed by atoms with Gasteiger partial charge < -0.3 is 15.5 Å². The van der Waals surface area contributed by atoms with Gasteiger partial charge in [-0.15, -0.1) is 0 Å². The van der Waals surface area contributed by atoms with Gasteiger partial charge in [0.25, 0.3) is 0 Å². The molecule has 0 aromatic heterocycles. The normalized spacial score (nSPS) is 23.1. The molecule has 0 saturated carbocycles. The molecule has 0 spiro atoms. The highest BCUT2D eigenvalue weighted by molar-refractivity contribution is 5.98. The lowest BCUT2D eigenvalue weighted by Gasteiger charge is -2.55. The quantitative estimate of drug-likeness (QED) is 0.892. The number of benzene rings is 2. The highest BCUT2D eigenvalue weighted by Crippen LogP contribution is 2.54. The average molecular weight is 378 g/mol. The average Bonchev–Trinajstić information content (AvgIpc) is 2.60. The molecule has 5 nitrogen and oxygen atoms in total. The van der Waals surface area contributed by atoms with Crippen molar-refractivity contribution in [1.29, 1.82) is 0 Å². The van der Waals surface area contributed by atoms with E-state index in [1.807, 2.05) is 82.2 Å². The second kappa shape index (κ2) is 6.66. The number of anilines is 2. The van der Waals surface area contributed by atoms with Crippen LogP contribution in [0.4, 0.5) is 11.4 Å². The van der Waals surface area contributed by atoms with Crippen molar-refractivity contribution < 1.29 is 9.59 Å². The lowest BCUT2D eigenvalue weighted by molar-refractivity contribution is -0.127. The third-order valence-electron chi connectivity index (χ3n) is 6.03. The molecule has 28 heavy (non-hydrogen) atoms. The number of nitrogens with two attached hydrogens (primary N) is 1. The molecule has 1 aliphatic heterocycles. The molecule has 3 rings (SSSR count). The Morgan fingerprint density at radius 1 is 1.14 bits per heavy atom. The molecule has 1 heterocycles. The van der Waals surface area contributed by atoms with Crippen LogP contribution in [0.5, 0.6) is 0 Å². The van der Waals surface area contributed by atoms with E-state index >= 15 is 0 Å². The van der Waals surface area contributed by atoms with Crippen molar-refractivity contribution in [3.63, 3.8) is 0 Å². The van der Waals surface area contributed by atoms with Crippen molar-refractivity contribution in [2.45, 2.75) is 38.6 Å².